The van der Waals surface area contributed by atoms with Crippen LogP contribution in [-0.2, 0) is 14.8 Å². The minimum absolute atomic E-state index is 0.0706. The van der Waals surface area contributed by atoms with E-state index in [9.17, 15) is 18.3 Å². The minimum Gasteiger partial charge on any atom is -0.495 e. The van der Waals surface area contributed by atoms with Gasteiger partial charge in [-0.3, -0.25) is 4.79 Å². The van der Waals surface area contributed by atoms with Crippen molar-refractivity contribution in [3.05, 3.63) is 23.2 Å². The third kappa shape index (κ3) is 2.28. The van der Waals surface area contributed by atoms with Crippen LogP contribution in [0, 0.1) is 5.92 Å². The monoisotopic (exact) mass is 345 g/mol. The van der Waals surface area contributed by atoms with Crippen LogP contribution in [-0.4, -0.2) is 43.0 Å². The van der Waals surface area contributed by atoms with Crippen molar-refractivity contribution in [2.75, 3.05) is 7.11 Å². The van der Waals surface area contributed by atoms with E-state index in [1.54, 1.807) is 0 Å². The van der Waals surface area contributed by atoms with E-state index in [-0.39, 0.29) is 16.0 Å². The van der Waals surface area contributed by atoms with E-state index in [1.807, 2.05) is 0 Å². The van der Waals surface area contributed by atoms with Gasteiger partial charge in [0.15, 0.2) is 0 Å². The Labute approximate surface area is 133 Å². The fourth-order valence-corrected chi connectivity index (χ4v) is 5.77. The molecule has 2 bridgehead atoms. The summed E-state index contributed by atoms with van der Waals surface area (Å²) in [5.41, 5.74) is 0. The predicted octanol–water partition coefficient (Wildman–Crippen LogP) is 1.97. The first-order valence-electron chi connectivity index (χ1n) is 6.96. The zero-order valence-corrected chi connectivity index (χ0v) is 13.5. The van der Waals surface area contributed by atoms with Gasteiger partial charge in [-0.15, -0.1) is 0 Å². The summed E-state index contributed by atoms with van der Waals surface area (Å²) in [6.45, 7) is 0. The van der Waals surface area contributed by atoms with Crippen LogP contribution in [0.1, 0.15) is 19.3 Å². The maximum absolute atomic E-state index is 12.8. The maximum Gasteiger partial charge on any atom is 0.308 e. The number of benzene rings is 1. The van der Waals surface area contributed by atoms with Gasteiger partial charge in [0.25, 0.3) is 0 Å². The largest absolute Gasteiger partial charge is 0.495 e. The number of fused-ring (bicyclic) bond motifs is 2. The summed E-state index contributed by atoms with van der Waals surface area (Å²) in [5.74, 6) is -1.16. The van der Waals surface area contributed by atoms with E-state index in [0.29, 0.717) is 25.0 Å². The van der Waals surface area contributed by atoms with Crippen LogP contribution >= 0.6 is 11.6 Å². The molecule has 2 fully saturated rings. The lowest BCUT2D eigenvalue weighted by Gasteiger charge is -2.22. The van der Waals surface area contributed by atoms with Crippen molar-refractivity contribution in [2.45, 2.75) is 36.2 Å². The molecule has 0 aliphatic carbocycles. The summed E-state index contributed by atoms with van der Waals surface area (Å²) in [6.07, 6.45) is 1.67. The molecule has 2 aliphatic heterocycles. The van der Waals surface area contributed by atoms with Gasteiger partial charge in [-0.2, -0.15) is 4.31 Å². The van der Waals surface area contributed by atoms with Gasteiger partial charge >= 0.3 is 5.97 Å². The predicted molar refractivity (Wildman–Crippen MR) is 79.6 cm³/mol. The summed E-state index contributed by atoms with van der Waals surface area (Å²) in [7, 11) is -2.31. The second-order valence-electron chi connectivity index (χ2n) is 5.61. The van der Waals surface area contributed by atoms with Crippen molar-refractivity contribution in [1.29, 1.82) is 0 Å². The molecule has 2 aliphatic rings. The molecule has 0 amide bonds. The number of halogens is 1. The first kappa shape index (κ1) is 15.6. The van der Waals surface area contributed by atoms with Gasteiger partial charge in [-0.25, -0.2) is 8.42 Å². The van der Waals surface area contributed by atoms with E-state index in [4.69, 9.17) is 16.3 Å². The molecular formula is C14H16ClNO5S. The zero-order chi connectivity index (χ0) is 16.1. The molecular weight excluding hydrogens is 330 g/mol. The Morgan fingerprint density at radius 2 is 2.14 bits per heavy atom. The topological polar surface area (TPSA) is 83.9 Å². The summed E-state index contributed by atoms with van der Waals surface area (Å²) < 4.78 is 32.1. The van der Waals surface area contributed by atoms with Gasteiger partial charge in [0.05, 0.1) is 22.9 Å². The molecule has 0 aromatic heterocycles. The second-order valence-corrected chi connectivity index (χ2v) is 7.86. The van der Waals surface area contributed by atoms with Gasteiger partial charge in [0.1, 0.15) is 5.75 Å². The van der Waals surface area contributed by atoms with E-state index >= 15 is 0 Å². The van der Waals surface area contributed by atoms with Crippen LogP contribution in [0.25, 0.3) is 0 Å². The Hall–Kier alpha value is -1.31. The van der Waals surface area contributed by atoms with E-state index in [0.717, 1.165) is 0 Å². The lowest BCUT2D eigenvalue weighted by Crippen LogP contribution is -2.37. The molecule has 1 aromatic rings. The Balaban J connectivity index is 1.97. The number of methoxy groups -OCH3 is 1. The molecule has 8 heteroatoms. The summed E-state index contributed by atoms with van der Waals surface area (Å²) in [4.78, 5) is 11.3. The fraction of sp³-hybridized carbons (Fsp3) is 0.500. The molecule has 0 saturated carbocycles. The molecule has 0 radical (unpaired) electrons. The van der Waals surface area contributed by atoms with Crippen molar-refractivity contribution in [1.82, 2.24) is 4.31 Å². The number of nitrogens with zero attached hydrogens (tertiary/aromatic N) is 1. The maximum atomic E-state index is 12.8. The Bertz CT molecular complexity index is 720. The number of carbonyl (C=O) groups is 1. The van der Waals surface area contributed by atoms with Crippen LogP contribution in [0.2, 0.25) is 5.02 Å². The number of carboxylic acids is 1. The van der Waals surface area contributed by atoms with Gasteiger partial charge in [0, 0.05) is 12.1 Å². The van der Waals surface area contributed by atoms with Gasteiger partial charge in [0.2, 0.25) is 10.0 Å². The Morgan fingerprint density at radius 3 is 2.68 bits per heavy atom. The Morgan fingerprint density at radius 1 is 1.41 bits per heavy atom. The summed E-state index contributed by atoms with van der Waals surface area (Å²) in [5, 5.41) is 9.46. The highest BCUT2D eigenvalue weighted by Crippen LogP contribution is 2.45. The van der Waals surface area contributed by atoms with Crippen molar-refractivity contribution >= 4 is 27.6 Å². The first-order chi connectivity index (χ1) is 10.4. The van der Waals surface area contributed by atoms with Crippen LogP contribution in [0.3, 0.4) is 0 Å². The smallest absolute Gasteiger partial charge is 0.308 e. The molecule has 1 aromatic carbocycles. The summed E-state index contributed by atoms with van der Waals surface area (Å²) in [6, 6.07) is 3.59. The van der Waals surface area contributed by atoms with Crippen molar-refractivity contribution in [3.8, 4) is 5.75 Å². The molecule has 2 heterocycles. The number of rotatable bonds is 4. The normalized spacial score (nSPS) is 28.0. The quantitative estimate of drug-likeness (QED) is 0.902. The average molecular weight is 346 g/mol. The van der Waals surface area contributed by atoms with Crippen LogP contribution in [0.5, 0.6) is 5.75 Å². The fourth-order valence-electron chi connectivity index (χ4n) is 3.51. The van der Waals surface area contributed by atoms with Gasteiger partial charge in [-0.1, -0.05) is 11.6 Å². The SMILES string of the molecule is COc1ccc(S(=O)(=O)N2C3CCC2C(C(=O)O)C3)cc1Cl. The highest BCUT2D eigenvalue weighted by Gasteiger charge is 2.54. The van der Waals surface area contributed by atoms with Crippen molar-refractivity contribution in [3.63, 3.8) is 0 Å². The molecule has 1 N–H and O–H groups in total. The number of sulfonamides is 1. The van der Waals surface area contributed by atoms with E-state index < -0.39 is 28.0 Å². The van der Waals surface area contributed by atoms with E-state index in [2.05, 4.69) is 0 Å². The van der Waals surface area contributed by atoms with Gasteiger partial charge in [-0.05, 0) is 37.5 Å². The first-order valence-corrected chi connectivity index (χ1v) is 8.78. The number of ether oxygens (including phenoxy) is 1. The van der Waals surface area contributed by atoms with Gasteiger partial charge < -0.3 is 9.84 Å². The molecule has 3 atom stereocenters. The minimum atomic E-state index is -3.76. The zero-order valence-electron chi connectivity index (χ0n) is 11.9. The summed E-state index contributed by atoms with van der Waals surface area (Å²) >= 11 is 6.01. The third-order valence-electron chi connectivity index (χ3n) is 4.49. The molecule has 22 heavy (non-hydrogen) atoms. The molecule has 0 spiro atoms. The number of hydrogen-bond acceptors (Lipinski definition) is 4. The number of aliphatic carboxylic acids is 1. The Kier molecular flexibility index (Phi) is 3.82. The lowest BCUT2D eigenvalue weighted by atomic mass is 9.89. The molecule has 6 nitrogen and oxygen atoms in total. The van der Waals surface area contributed by atoms with Crippen molar-refractivity contribution < 1.29 is 23.1 Å². The van der Waals surface area contributed by atoms with Crippen LogP contribution < -0.4 is 4.74 Å². The number of hydrogen-bond donors (Lipinski definition) is 1. The van der Waals surface area contributed by atoms with E-state index in [1.165, 1.54) is 29.6 Å². The third-order valence-corrected chi connectivity index (χ3v) is 6.76. The molecule has 3 unspecified atom stereocenters. The highest BCUT2D eigenvalue weighted by molar-refractivity contribution is 7.89. The highest BCUT2D eigenvalue weighted by atomic mass is 35.5. The number of carboxylic acid groups (broad SMARTS) is 1. The second kappa shape index (κ2) is 5.40. The van der Waals surface area contributed by atoms with Crippen LogP contribution in [0.4, 0.5) is 0 Å². The van der Waals surface area contributed by atoms with Crippen LogP contribution in [0.15, 0.2) is 23.1 Å². The standard InChI is InChI=1S/C14H16ClNO5S/c1-21-13-5-3-9(7-11(13)15)22(19,20)16-8-2-4-12(16)10(6-8)14(17)18/h3,5,7-8,10,12H,2,4,6H2,1H3,(H,17,18). The van der Waals surface area contributed by atoms with Crippen molar-refractivity contribution in [2.24, 2.45) is 5.92 Å². The lowest BCUT2D eigenvalue weighted by molar-refractivity contribution is -0.142. The molecule has 120 valence electrons. The average Bonchev–Trinajstić information content (AvgIpc) is 3.05. The molecule has 3 rings (SSSR count). The molecule has 2 saturated heterocycles.